The van der Waals surface area contributed by atoms with Gasteiger partial charge in [-0.05, 0) is 62.9 Å². The van der Waals surface area contributed by atoms with Gasteiger partial charge in [-0.1, -0.05) is 25.0 Å². The molecule has 0 aliphatic heterocycles. The van der Waals surface area contributed by atoms with Crippen LogP contribution in [0.1, 0.15) is 45.1 Å². The van der Waals surface area contributed by atoms with Crippen LogP contribution < -0.4 is 10.2 Å². The molecule has 0 unspecified atom stereocenters. The second-order valence-electron chi connectivity index (χ2n) is 5.42. The Morgan fingerprint density at radius 3 is 2.24 bits per heavy atom. The summed E-state index contributed by atoms with van der Waals surface area (Å²) in [6, 6.07) is 8.98. The van der Waals surface area contributed by atoms with E-state index in [2.05, 4.69) is 54.6 Å². The fourth-order valence-corrected chi connectivity index (χ4v) is 2.99. The zero-order valence-electron chi connectivity index (χ0n) is 14.0. The van der Waals surface area contributed by atoms with Crippen LogP contribution in [-0.2, 0) is 6.54 Å². The molecule has 0 atom stereocenters. The molecule has 0 saturated heterocycles. The number of unbranched alkanes of at least 4 members (excludes halogenated alkanes) is 3. The van der Waals surface area contributed by atoms with Crippen LogP contribution in [0.3, 0.4) is 0 Å². The first-order chi connectivity index (χ1) is 10.3. The van der Waals surface area contributed by atoms with E-state index in [1.807, 2.05) is 11.8 Å². The number of hydrogen-bond donors (Lipinski definition) is 1. The van der Waals surface area contributed by atoms with E-state index in [1.165, 1.54) is 42.7 Å². The monoisotopic (exact) mass is 308 g/mol. The maximum atomic E-state index is 3.55. The molecule has 0 bridgehead atoms. The number of anilines is 1. The highest BCUT2D eigenvalue weighted by atomic mass is 32.2. The summed E-state index contributed by atoms with van der Waals surface area (Å²) in [5.41, 5.74) is 2.71. The lowest BCUT2D eigenvalue weighted by Crippen LogP contribution is -2.21. The van der Waals surface area contributed by atoms with E-state index in [-0.39, 0.29) is 0 Å². The van der Waals surface area contributed by atoms with Crippen molar-refractivity contribution in [2.24, 2.45) is 0 Å². The van der Waals surface area contributed by atoms with E-state index in [0.29, 0.717) is 0 Å². The molecular weight excluding hydrogens is 276 g/mol. The van der Waals surface area contributed by atoms with Gasteiger partial charge < -0.3 is 10.2 Å². The van der Waals surface area contributed by atoms with Crippen molar-refractivity contribution in [3.8, 4) is 0 Å². The van der Waals surface area contributed by atoms with Gasteiger partial charge in [0.1, 0.15) is 0 Å². The second kappa shape index (κ2) is 11.9. The molecule has 0 aliphatic rings. The Bertz CT molecular complexity index is 347. The molecular formula is C18H32N2S. The minimum atomic E-state index is 0.989. The van der Waals surface area contributed by atoms with Crippen LogP contribution in [0.4, 0.5) is 5.69 Å². The van der Waals surface area contributed by atoms with Crippen molar-refractivity contribution in [3.63, 3.8) is 0 Å². The molecule has 1 aromatic rings. The van der Waals surface area contributed by atoms with Gasteiger partial charge in [0.05, 0.1) is 0 Å². The van der Waals surface area contributed by atoms with Crippen LogP contribution in [0.5, 0.6) is 0 Å². The van der Waals surface area contributed by atoms with Crippen LogP contribution in [0.2, 0.25) is 0 Å². The lowest BCUT2D eigenvalue weighted by atomic mass is 10.1. The minimum absolute atomic E-state index is 0.989. The summed E-state index contributed by atoms with van der Waals surface area (Å²) in [7, 11) is 0. The van der Waals surface area contributed by atoms with E-state index in [1.54, 1.807) is 0 Å². The van der Waals surface area contributed by atoms with Gasteiger partial charge in [-0.2, -0.15) is 11.8 Å². The van der Waals surface area contributed by atoms with Crippen LogP contribution in [0.25, 0.3) is 0 Å². The zero-order valence-corrected chi connectivity index (χ0v) is 14.8. The van der Waals surface area contributed by atoms with Crippen LogP contribution in [0.15, 0.2) is 24.3 Å². The summed E-state index contributed by atoms with van der Waals surface area (Å²) in [6.45, 7) is 8.69. The largest absolute Gasteiger partial charge is 0.372 e. The van der Waals surface area contributed by atoms with E-state index >= 15 is 0 Å². The molecule has 1 aromatic carbocycles. The van der Waals surface area contributed by atoms with E-state index < -0.39 is 0 Å². The third kappa shape index (κ3) is 7.77. The van der Waals surface area contributed by atoms with Crippen molar-refractivity contribution in [2.45, 2.75) is 46.1 Å². The molecule has 2 nitrogen and oxygen atoms in total. The lowest BCUT2D eigenvalue weighted by molar-refractivity contribution is 0.599. The number of nitrogens with one attached hydrogen (secondary N) is 1. The van der Waals surface area contributed by atoms with Gasteiger partial charge in [0.25, 0.3) is 0 Å². The standard InChI is InChI=1S/C18H32N2S/c1-4-20(5-2)18-12-10-17(11-13-18)16-19-14-8-6-7-9-15-21-3/h10-13,19H,4-9,14-16H2,1-3H3. The van der Waals surface area contributed by atoms with Gasteiger partial charge >= 0.3 is 0 Å². The fourth-order valence-electron chi connectivity index (χ4n) is 2.50. The van der Waals surface area contributed by atoms with Crippen molar-refractivity contribution < 1.29 is 0 Å². The van der Waals surface area contributed by atoms with E-state index in [9.17, 15) is 0 Å². The van der Waals surface area contributed by atoms with Crippen molar-refractivity contribution >= 4 is 17.4 Å². The Hall–Kier alpha value is -0.670. The maximum Gasteiger partial charge on any atom is 0.0366 e. The molecule has 0 heterocycles. The van der Waals surface area contributed by atoms with Gasteiger partial charge in [-0.15, -0.1) is 0 Å². The average molecular weight is 309 g/mol. The Morgan fingerprint density at radius 2 is 1.62 bits per heavy atom. The fraction of sp³-hybridized carbons (Fsp3) is 0.667. The lowest BCUT2D eigenvalue weighted by Gasteiger charge is -2.21. The smallest absolute Gasteiger partial charge is 0.0366 e. The Balaban J connectivity index is 2.15. The van der Waals surface area contributed by atoms with E-state index in [4.69, 9.17) is 0 Å². The quantitative estimate of drug-likeness (QED) is 0.570. The number of thioether (sulfide) groups is 1. The van der Waals surface area contributed by atoms with Gasteiger partial charge in [0.15, 0.2) is 0 Å². The van der Waals surface area contributed by atoms with Gasteiger partial charge in [-0.3, -0.25) is 0 Å². The van der Waals surface area contributed by atoms with Gasteiger partial charge in [0, 0.05) is 25.3 Å². The molecule has 1 N–H and O–H groups in total. The number of nitrogens with zero attached hydrogens (tertiary/aromatic N) is 1. The first kappa shape index (κ1) is 18.4. The highest BCUT2D eigenvalue weighted by molar-refractivity contribution is 7.98. The summed E-state index contributed by atoms with van der Waals surface area (Å²) in [5, 5.41) is 3.55. The Morgan fingerprint density at radius 1 is 0.952 bits per heavy atom. The molecule has 0 saturated carbocycles. The SMILES string of the molecule is CCN(CC)c1ccc(CNCCCCCCSC)cc1. The third-order valence-corrected chi connectivity index (χ3v) is 4.54. The van der Waals surface area contributed by atoms with Crippen molar-refractivity contribution in [2.75, 3.05) is 36.5 Å². The Labute approximate surface area is 135 Å². The van der Waals surface area contributed by atoms with Crippen molar-refractivity contribution in [1.29, 1.82) is 0 Å². The highest BCUT2D eigenvalue weighted by Crippen LogP contribution is 2.14. The predicted octanol–water partition coefficient (Wildman–Crippen LogP) is 4.55. The summed E-state index contributed by atoms with van der Waals surface area (Å²) in [4.78, 5) is 2.38. The van der Waals surface area contributed by atoms with Crippen LogP contribution in [0, 0.1) is 0 Å². The first-order valence-corrected chi connectivity index (χ1v) is 9.74. The van der Waals surface area contributed by atoms with Gasteiger partial charge in [-0.25, -0.2) is 0 Å². The molecule has 3 heteroatoms. The molecule has 21 heavy (non-hydrogen) atoms. The van der Waals surface area contributed by atoms with E-state index in [0.717, 1.165) is 26.2 Å². The van der Waals surface area contributed by atoms with Crippen LogP contribution >= 0.6 is 11.8 Å². The molecule has 120 valence electrons. The molecule has 1 rings (SSSR count). The Kier molecular flexibility index (Phi) is 10.4. The summed E-state index contributed by atoms with van der Waals surface area (Å²) < 4.78 is 0. The van der Waals surface area contributed by atoms with Gasteiger partial charge in [0.2, 0.25) is 0 Å². The molecule has 0 aromatic heterocycles. The normalized spacial score (nSPS) is 10.8. The molecule has 0 radical (unpaired) electrons. The molecule has 0 aliphatic carbocycles. The summed E-state index contributed by atoms with van der Waals surface area (Å²) in [5.74, 6) is 1.31. The van der Waals surface area contributed by atoms with Crippen LogP contribution in [-0.4, -0.2) is 31.6 Å². The number of benzene rings is 1. The van der Waals surface area contributed by atoms with Crippen molar-refractivity contribution in [3.05, 3.63) is 29.8 Å². The summed E-state index contributed by atoms with van der Waals surface area (Å²) in [6.07, 6.45) is 7.59. The highest BCUT2D eigenvalue weighted by Gasteiger charge is 2.01. The average Bonchev–Trinajstić information content (AvgIpc) is 2.52. The third-order valence-electron chi connectivity index (χ3n) is 3.85. The number of rotatable bonds is 12. The predicted molar refractivity (Wildman–Crippen MR) is 98.6 cm³/mol. The maximum absolute atomic E-state index is 3.55. The molecule has 0 amide bonds. The second-order valence-corrected chi connectivity index (χ2v) is 6.41. The molecule has 0 fully saturated rings. The number of hydrogen-bond acceptors (Lipinski definition) is 3. The zero-order chi connectivity index (χ0) is 15.3. The molecule has 0 spiro atoms. The summed E-state index contributed by atoms with van der Waals surface area (Å²) >= 11 is 1.95. The van der Waals surface area contributed by atoms with Crippen molar-refractivity contribution in [1.82, 2.24) is 5.32 Å². The topological polar surface area (TPSA) is 15.3 Å². The minimum Gasteiger partial charge on any atom is -0.372 e. The first-order valence-electron chi connectivity index (χ1n) is 8.35.